The normalized spacial score (nSPS) is 25.8. The quantitative estimate of drug-likeness (QED) is 0.456. The molecule has 42 heavy (non-hydrogen) atoms. The van der Waals surface area contributed by atoms with E-state index in [4.69, 9.17) is 4.74 Å². The third-order valence-corrected chi connectivity index (χ3v) is 9.01. The summed E-state index contributed by atoms with van der Waals surface area (Å²) < 4.78 is 7.41. The van der Waals surface area contributed by atoms with Crippen LogP contribution < -0.4 is 16.0 Å². The number of ether oxygens (including phenoxy) is 1. The van der Waals surface area contributed by atoms with Crippen LogP contribution in [0.25, 0.3) is 0 Å². The lowest BCUT2D eigenvalue weighted by molar-refractivity contribution is -0.140. The van der Waals surface area contributed by atoms with Crippen LogP contribution in [0, 0.1) is 18.3 Å². The number of allylic oxidation sites excluding steroid dienone is 2. The molecule has 0 radical (unpaired) electrons. The second kappa shape index (κ2) is 13.6. The largest absolute Gasteiger partial charge is 0.381 e. The fourth-order valence-corrected chi connectivity index (χ4v) is 6.40. The van der Waals surface area contributed by atoms with Gasteiger partial charge >= 0.3 is 0 Å². The summed E-state index contributed by atoms with van der Waals surface area (Å²) in [7, 11) is 0. The summed E-state index contributed by atoms with van der Waals surface area (Å²) in [4.78, 5) is 42.6. The second-order valence-electron chi connectivity index (χ2n) is 12.0. The number of benzene rings is 1. The van der Waals surface area contributed by atoms with Crippen LogP contribution >= 0.6 is 0 Å². The van der Waals surface area contributed by atoms with Crippen molar-refractivity contribution in [3.8, 4) is 0 Å². The van der Waals surface area contributed by atoms with E-state index in [0.717, 1.165) is 36.3 Å². The number of aromatic nitrogens is 2. The Morgan fingerprint density at radius 3 is 2.67 bits per heavy atom. The Morgan fingerprint density at radius 1 is 1.14 bits per heavy atom. The van der Waals surface area contributed by atoms with Crippen molar-refractivity contribution in [2.75, 3.05) is 38.2 Å². The van der Waals surface area contributed by atoms with Crippen LogP contribution in [0.2, 0.25) is 0 Å². The molecule has 10 nitrogen and oxygen atoms in total. The van der Waals surface area contributed by atoms with Gasteiger partial charge in [-0.2, -0.15) is 5.10 Å². The van der Waals surface area contributed by atoms with Gasteiger partial charge in [-0.15, -0.1) is 0 Å². The Kier molecular flexibility index (Phi) is 9.74. The highest BCUT2D eigenvalue weighted by Crippen LogP contribution is 2.36. The van der Waals surface area contributed by atoms with Crippen molar-refractivity contribution in [2.45, 2.75) is 71.0 Å². The predicted molar refractivity (Wildman–Crippen MR) is 161 cm³/mol. The van der Waals surface area contributed by atoms with Crippen molar-refractivity contribution >= 4 is 23.4 Å². The van der Waals surface area contributed by atoms with Gasteiger partial charge in [0.1, 0.15) is 6.04 Å². The fraction of sp³-hybridized carbons (Fsp3) is 0.562. The van der Waals surface area contributed by atoms with Crippen molar-refractivity contribution in [3.63, 3.8) is 0 Å². The summed E-state index contributed by atoms with van der Waals surface area (Å²) in [5, 5.41) is 13.9. The molecule has 3 aliphatic rings. The van der Waals surface area contributed by atoms with E-state index in [9.17, 15) is 14.4 Å². The zero-order valence-corrected chi connectivity index (χ0v) is 24.8. The lowest BCUT2D eigenvalue weighted by atomic mass is 9.75. The lowest BCUT2D eigenvalue weighted by Crippen LogP contribution is -2.58. The smallest absolute Gasteiger partial charge is 0.243 e. The van der Waals surface area contributed by atoms with E-state index in [1.807, 2.05) is 55.1 Å². The highest BCUT2D eigenvalue weighted by atomic mass is 16.5. The van der Waals surface area contributed by atoms with E-state index in [0.29, 0.717) is 52.0 Å². The van der Waals surface area contributed by atoms with Crippen molar-refractivity contribution in [2.24, 2.45) is 11.3 Å². The summed E-state index contributed by atoms with van der Waals surface area (Å²) in [6.07, 6.45) is 9.97. The Bertz CT molecular complexity index is 1270. The van der Waals surface area contributed by atoms with E-state index in [1.54, 1.807) is 0 Å². The van der Waals surface area contributed by atoms with Gasteiger partial charge < -0.3 is 20.7 Å². The Morgan fingerprint density at radius 2 is 1.93 bits per heavy atom. The van der Waals surface area contributed by atoms with Crippen molar-refractivity contribution in [1.82, 2.24) is 25.3 Å². The molecular formula is C32H44N6O4. The molecule has 4 heterocycles. The first kappa shape index (κ1) is 30.0. The number of nitrogens with one attached hydrogen (secondary N) is 3. The second-order valence-corrected chi connectivity index (χ2v) is 12.0. The van der Waals surface area contributed by atoms with Gasteiger partial charge in [-0.1, -0.05) is 42.5 Å². The molecule has 2 saturated heterocycles. The number of rotatable bonds is 6. The van der Waals surface area contributed by atoms with Gasteiger partial charge in [0.2, 0.25) is 17.7 Å². The minimum absolute atomic E-state index is 0.0434. The molecule has 1 spiro atoms. The molecule has 0 unspecified atom stereocenters. The Labute approximate surface area is 248 Å². The Hall–Kier alpha value is -3.50. The number of fused-ring (bicyclic) bond motifs is 1. The summed E-state index contributed by atoms with van der Waals surface area (Å²) in [5.74, 6) is -0.130. The molecule has 5 rings (SSSR count). The van der Waals surface area contributed by atoms with E-state index >= 15 is 0 Å². The molecule has 2 aromatic rings. The molecule has 1 aromatic carbocycles. The molecule has 0 saturated carbocycles. The molecule has 0 aliphatic carbocycles. The standard InChI is InChI=1S/C32H44N6O4/c1-3-38-21-28(23(2)36-38)33-29(39)22-37-16-12-26-25(20-37)11-7-8-13-32(14-17-42-18-15-32)31(41)35-27(30(40)34-26)19-24-9-5-4-6-10-24/h4-10,21,25-27H,3,11-20,22H2,1-2H3,(H,33,39)(H,34,40)(H,35,41)/b8-7+/t25-,26+,27+/m0/s1. The molecule has 1 aromatic heterocycles. The van der Waals surface area contributed by atoms with Gasteiger partial charge in [-0.25, -0.2) is 0 Å². The molecular weight excluding hydrogens is 532 g/mol. The number of hydrogen-bond donors (Lipinski definition) is 3. The van der Waals surface area contributed by atoms with E-state index in [1.165, 1.54) is 0 Å². The number of nitrogens with zero attached hydrogens (tertiary/aromatic N) is 3. The zero-order valence-electron chi connectivity index (χ0n) is 24.8. The molecule has 2 fully saturated rings. The first-order chi connectivity index (χ1) is 20.3. The number of carbonyl (C=O) groups is 3. The molecule has 3 amide bonds. The highest BCUT2D eigenvalue weighted by Gasteiger charge is 2.41. The number of amides is 3. The first-order valence-electron chi connectivity index (χ1n) is 15.3. The predicted octanol–water partition coefficient (Wildman–Crippen LogP) is 2.83. The number of piperidine rings is 1. The SMILES string of the molecule is CCn1cc(NC(=O)CN2CC[C@H]3NC(=O)[C@@H](Cc4ccccc4)NC(=O)C4(C/C=C/C[C@H]3C2)CCOCC4)c(C)n1. The van der Waals surface area contributed by atoms with Gasteiger partial charge in [0.05, 0.1) is 23.3 Å². The van der Waals surface area contributed by atoms with E-state index < -0.39 is 11.5 Å². The van der Waals surface area contributed by atoms with Crippen LogP contribution in [0.3, 0.4) is 0 Å². The van der Waals surface area contributed by atoms with Crippen molar-refractivity contribution in [3.05, 3.63) is 59.9 Å². The van der Waals surface area contributed by atoms with Crippen LogP contribution in [-0.2, 0) is 32.1 Å². The lowest BCUT2D eigenvalue weighted by Gasteiger charge is -2.40. The fourth-order valence-electron chi connectivity index (χ4n) is 6.40. The molecule has 0 bridgehead atoms. The van der Waals surface area contributed by atoms with Gasteiger partial charge in [0.15, 0.2) is 0 Å². The van der Waals surface area contributed by atoms with Crippen LogP contribution in [0.4, 0.5) is 5.69 Å². The maximum atomic E-state index is 13.8. The van der Waals surface area contributed by atoms with Gasteiger partial charge in [-0.3, -0.25) is 24.0 Å². The number of anilines is 1. The minimum atomic E-state index is -0.667. The zero-order chi connectivity index (χ0) is 29.5. The summed E-state index contributed by atoms with van der Waals surface area (Å²) in [5.41, 5.74) is 1.97. The molecule has 3 aliphatic heterocycles. The van der Waals surface area contributed by atoms with E-state index in [-0.39, 0.29) is 36.2 Å². The monoisotopic (exact) mass is 576 g/mol. The summed E-state index contributed by atoms with van der Waals surface area (Å²) >= 11 is 0. The maximum absolute atomic E-state index is 13.8. The average Bonchev–Trinajstić information content (AvgIpc) is 3.35. The summed E-state index contributed by atoms with van der Waals surface area (Å²) in [6, 6.07) is 9.12. The van der Waals surface area contributed by atoms with E-state index in [2.05, 4.69) is 38.1 Å². The van der Waals surface area contributed by atoms with Crippen LogP contribution in [0.5, 0.6) is 0 Å². The van der Waals surface area contributed by atoms with Gasteiger partial charge in [0.25, 0.3) is 0 Å². The van der Waals surface area contributed by atoms with Crippen LogP contribution in [-0.4, -0.2) is 77.3 Å². The number of carbonyl (C=O) groups excluding carboxylic acids is 3. The van der Waals surface area contributed by atoms with Gasteiger partial charge in [0, 0.05) is 51.5 Å². The van der Waals surface area contributed by atoms with Gasteiger partial charge in [-0.05, 0) is 57.4 Å². The van der Waals surface area contributed by atoms with Crippen LogP contribution in [0.15, 0.2) is 48.7 Å². The Balaban J connectivity index is 1.31. The van der Waals surface area contributed by atoms with Crippen molar-refractivity contribution < 1.29 is 19.1 Å². The molecule has 3 N–H and O–H groups in total. The highest BCUT2D eigenvalue weighted by molar-refractivity contribution is 5.93. The number of hydrogen-bond acceptors (Lipinski definition) is 6. The van der Waals surface area contributed by atoms with Crippen LogP contribution in [0.1, 0.15) is 50.3 Å². The van der Waals surface area contributed by atoms with Crippen molar-refractivity contribution in [1.29, 1.82) is 0 Å². The minimum Gasteiger partial charge on any atom is -0.381 e. The molecule has 10 heteroatoms. The maximum Gasteiger partial charge on any atom is 0.243 e. The average molecular weight is 577 g/mol. The topological polar surface area (TPSA) is 118 Å². The third kappa shape index (κ3) is 7.28. The first-order valence-corrected chi connectivity index (χ1v) is 15.3. The number of aryl methyl sites for hydroxylation is 2. The molecule has 3 atom stereocenters. The summed E-state index contributed by atoms with van der Waals surface area (Å²) in [6.45, 7) is 7.41. The molecule has 226 valence electrons. The third-order valence-electron chi connectivity index (χ3n) is 9.01. The number of likely N-dealkylation sites (tertiary alicyclic amines) is 1.